The maximum atomic E-state index is 3.55. The SMILES string of the molecule is CCC(C)N(CC)CCNCCSCc1ccccc1. The summed E-state index contributed by atoms with van der Waals surface area (Å²) in [5, 5.41) is 3.55. The number of hydrogen-bond acceptors (Lipinski definition) is 3. The molecule has 0 bridgehead atoms. The molecular formula is C17H30N2S. The molecule has 1 N–H and O–H groups in total. The molecule has 0 saturated heterocycles. The molecule has 0 spiro atoms. The van der Waals surface area contributed by atoms with Gasteiger partial charge in [-0.25, -0.2) is 0 Å². The molecule has 0 aromatic heterocycles. The first-order chi connectivity index (χ1) is 9.77. The van der Waals surface area contributed by atoms with Gasteiger partial charge in [-0.2, -0.15) is 11.8 Å². The fraction of sp³-hybridized carbons (Fsp3) is 0.647. The van der Waals surface area contributed by atoms with Crippen LogP contribution < -0.4 is 5.32 Å². The lowest BCUT2D eigenvalue weighted by molar-refractivity contribution is 0.215. The van der Waals surface area contributed by atoms with E-state index in [1.54, 1.807) is 0 Å². The number of nitrogens with one attached hydrogen (secondary N) is 1. The number of thioether (sulfide) groups is 1. The van der Waals surface area contributed by atoms with E-state index in [0.717, 1.165) is 31.9 Å². The van der Waals surface area contributed by atoms with Gasteiger partial charge in [-0.3, -0.25) is 4.90 Å². The van der Waals surface area contributed by atoms with Crippen LogP contribution in [0.5, 0.6) is 0 Å². The van der Waals surface area contributed by atoms with Crippen molar-refractivity contribution in [3.8, 4) is 0 Å². The van der Waals surface area contributed by atoms with Crippen LogP contribution in [-0.4, -0.2) is 42.9 Å². The Labute approximate surface area is 129 Å². The van der Waals surface area contributed by atoms with E-state index in [1.165, 1.54) is 17.7 Å². The molecule has 0 aliphatic rings. The standard InChI is InChI=1S/C17H30N2S/c1-4-16(3)19(5-2)13-11-18-12-14-20-15-17-9-7-6-8-10-17/h6-10,16,18H,4-5,11-15H2,1-3H3. The minimum absolute atomic E-state index is 0.703. The molecule has 1 rings (SSSR count). The largest absolute Gasteiger partial charge is 0.315 e. The summed E-state index contributed by atoms with van der Waals surface area (Å²) in [5.74, 6) is 2.31. The van der Waals surface area contributed by atoms with Gasteiger partial charge in [0.05, 0.1) is 0 Å². The topological polar surface area (TPSA) is 15.3 Å². The molecule has 0 radical (unpaired) electrons. The van der Waals surface area contributed by atoms with Gasteiger partial charge in [-0.05, 0) is 25.5 Å². The number of likely N-dealkylation sites (N-methyl/N-ethyl adjacent to an activating group) is 1. The first-order valence-corrected chi connectivity index (χ1v) is 8.99. The van der Waals surface area contributed by atoms with E-state index < -0.39 is 0 Å². The number of benzene rings is 1. The molecule has 114 valence electrons. The summed E-state index contributed by atoms with van der Waals surface area (Å²) in [5.41, 5.74) is 1.42. The first kappa shape index (κ1) is 17.5. The van der Waals surface area contributed by atoms with Gasteiger partial charge in [0.25, 0.3) is 0 Å². The van der Waals surface area contributed by atoms with E-state index >= 15 is 0 Å². The van der Waals surface area contributed by atoms with Crippen molar-refractivity contribution in [3.63, 3.8) is 0 Å². The van der Waals surface area contributed by atoms with Crippen LogP contribution in [0, 0.1) is 0 Å². The van der Waals surface area contributed by atoms with Crippen molar-refractivity contribution in [1.82, 2.24) is 10.2 Å². The molecule has 0 saturated carbocycles. The van der Waals surface area contributed by atoms with E-state index in [-0.39, 0.29) is 0 Å². The monoisotopic (exact) mass is 294 g/mol. The number of hydrogen-bond donors (Lipinski definition) is 1. The molecule has 3 heteroatoms. The van der Waals surface area contributed by atoms with Crippen LogP contribution in [-0.2, 0) is 5.75 Å². The highest BCUT2D eigenvalue weighted by Crippen LogP contribution is 2.10. The molecule has 0 amide bonds. The van der Waals surface area contributed by atoms with E-state index in [0.29, 0.717) is 6.04 Å². The van der Waals surface area contributed by atoms with E-state index in [2.05, 4.69) is 61.3 Å². The van der Waals surface area contributed by atoms with Gasteiger partial charge in [0.2, 0.25) is 0 Å². The maximum absolute atomic E-state index is 3.55. The van der Waals surface area contributed by atoms with Crippen molar-refractivity contribution < 1.29 is 0 Å². The van der Waals surface area contributed by atoms with Crippen molar-refractivity contribution in [1.29, 1.82) is 0 Å². The van der Waals surface area contributed by atoms with Gasteiger partial charge in [0.15, 0.2) is 0 Å². The summed E-state index contributed by atoms with van der Waals surface area (Å²) >= 11 is 2.01. The van der Waals surface area contributed by atoms with Gasteiger partial charge in [0, 0.05) is 37.2 Å². The maximum Gasteiger partial charge on any atom is 0.0185 e. The molecule has 1 unspecified atom stereocenters. The number of rotatable bonds is 11. The average Bonchev–Trinajstić information content (AvgIpc) is 2.50. The minimum Gasteiger partial charge on any atom is -0.315 e. The van der Waals surface area contributed by atoms with Crippen molar-refractivity contribution in [2.75, 3.05) is 31.9 Å². The van der Waals surface area contributed by atoms with Gasteiger partial charge >= 0.3 is 0 Å². The van der Waals surface area contributed by atoms with Crippen LogP contribution in [0.15, 0.2) is 30.3 Å². The summed E-state index contributed by atoms with van der Waals surface area (Å²) < 4.78 is 0. The quantitative estimate of drug-likeness (QED) is 0.627. The van der Waals surface area contributed by atoms with Crippen molar-refractivity contribution >= 4 is 11.8 Å². The fourth-order valence-electron chi connectivity index (χ4n) is 2.20. The van der Waals surface area contributed by atoms with Crippen LogP contribution in [0.3, 0.4) is 0 Å². The fourth-order valence-corrected chi connectivity index (χ4v) is 3.07. The Kier molecular flexibility index (Phi) is 9.81. The predicted octanol–water partition coefficient (Wildman–Crippen LogP) is 3.63. The van der Waals surface area contributed by atoms with Crippen molar-refractivity contribution in [3.05, 3.63) is 35.9 Å². The van der Waals surface area contributed by atoms with Gasteiger partial charge < -0.3 is 5.32 Å². The lowest BCUT2D eigenvalue weighted by Crippen LogP contribution is -2.38. The van der Waals surface area contributed by atoms with Gasteiger partial charge in [0.1, 0.15) is 0 Å². The number of nitrogens with zero attached hydrogens (tertiary/aromatic N) is 1. The Morgan fingerprint density at radius 1 is 1.15 bits per heavy atom. The lowest BCUT2D eigenvalue weighted by atomic mass is 10.2. The Hall–Kier alpha value is -0.510. The summed E-state index contributed by atoms with van der Waals surface area (Å²) in [6, 6.07) is 11.4. The van der Waals surface area contributed by atoms with Crippen molar-refractivity contribution in [2.45, 2.75) is 39.0 Å². The van der Waals surface area contributed by atoms with Crippen LogP contribution >= 0.6 is 11.8 Å². The Bertz CT molecular complexity index is 329. The Morgan fingerprint density at radius 2 is 1.90 bits per heavy atom. The predicted molar refractivity (Wildman–Crippen MR) is 92.5 cm³/mol. The second-order valence-corrected chi connectivity index (χ2v) is 6.28. The van der Waals surface area contributed by atoms with E-state index in [1.807, 2.05) is 11.8 Å². The Morgan fingerprint density at radius 3 is 2.55 bits per heavy atom. The molecule has 0 fully saturated rings. The van der Waals surface area contributed by atoms with Crippen LogP contribution in [0.2, 0.25) is 0 Å². The summed E-state index contributed by atoms with van der Waals surface area (Å²) in [4.78, 5) is 2.55. The van der Waals surface area contributed by atoms with Crippen LogP contribution in [0.1, 0.15) is 32.8 Å². The molecule has 0 aliphatic carbocycles. The summed E-state index contributed by atoms with van der Waals surface area (Å²) in [6.45, 7) is 11.4. The molecule has 1 atom stereocenters. The highest BCUT2D eigenvalue weighted by atomic mass is 32.2. The van der Waals surface area contributed by atoms with Crippen molar-refractivity contribution in [2.24, 2.45) is 0 Å². The molecular weight excluding hydrogens is 264 g/mol. The third kappa shape index (κ3) is 7.32. The smallest absolute Gasteiger partial charge is 0.0185 e. The third-order valence-corrected chi connectivity index (χ3v) is 4.76. The lowest BCUT2D eigenvalue weighted by Gasteiger charge is -2.26. The molecule has 1 aromatic rings. The zero-order valence-electron chi connectivity index (χ0n) is 13.3. The summed E-state index contributed by atoms with van der Waals surface area (Å²) in [7, 11) is 0. The normalized spacial score (nSPS) is 12.8. The molecule has 0 heterocycles. The molecule has 0 aliphatic heterocycles. The highest BCUT2D eigenvalue weighted by molar-refractivity contribution is 7.98. The average molecular weight is 295 g/mol. The molecule has 20 heavy (non-hydrogen) atoms. The van der Waals surface area contributed by atoms with Crippen LogP contribution in [0.25, 0.3) is 0 Å². The van der Waals surface area contributed by atoms with Gasteiger partial charge in [-0.15, -0.1) is 0 Å². The first-order valence-electron chi connectivity index (χ1n) is 7.84. The third-order valence-electron chi connectivity index (χ3n) is 3.73. The van der Waals surface area contributed by atoms with Crippen LogP contribution in [0.4, 0.5) is 0 Å². The molecule has 2 nitrogen and oxygen atoms in total. The van der Waals surface area contributed by atoms with E-state index in [4.69, 9.17) is 0 Å². The second kappa shape index (κ2) is 11.2. The Balaban J connectivity index is 1.99. The zero-order chi connectivity index (χ0) is 14.6. The zero-order valence-corrected chi connectivity index (χ0v) is 14.1. The van der Waals surface area contributed by atoms with E-state index in [9.17, 15) is 0 Å². The minimum atomic E-state index is 0.703. The second-order valence-electron chi connectivity index (χ2n) is 5.17. The van der Waals surface area contributed by atoms with Gasteiger partial charge in [-0.1, -0.05) is 44.2 Å². The molecule has 1 aromatic carbocycles. The summed E-state index contributed by atoms with van der Waals surface area (Å²) in [6.07, 6.45) is 1.24. The highest BCUT2D eigenvalue weighted by Gasteiger charge is 2.08.